The summed E-state index contributed by atoms with van der Waals surface area (Å²) in [5.74, 6) is -0.0871. The Bertz CT molecular complexity index is 241. The molecule has 0 radical (unpaired) electrons. The molecule has 0 spiro atoms. The van der Waals surface area contributed by atoms with Gasteiger partial charge in [-0.15, -0.1) is 0 Å². The van der Waals surface area contributed by atoms with Crippen LogP contribution in [0.5, 0.6) is 0 Å². The largest absolute Gasteiger partial charge is 0.207 e. The molecule has 0 aliphatic heterocycles. The molecule has 13 heavy (non-hydrogen) atoms. The lowest BCUT2D eigenvalue weighted by atomic mass is 10.1. The van der Waals surface area contributed by atoms with Crippen LogP contribution in [0, 0.1) is 12.7 Å². The van der Waals surface area contributed by atoms with Crippen molar-refractivity contribution < 1.29 is 4.39 Å². The molecule has 0 unspecified atom stereocenters. The molecule has 0 aromatic heterocycles. The molecule has 1 rings (SSSR count). The van der Waals surface area contributed by atoms with Crippen molar-refractivity contribution in [3.05, 3.63) is 35.1 Å². The Morgan fingerprint density at radius 2 is 1.85 bits per heavy atom. The smallest absolute Gasteiger partial charge is 0.126 e. The summed E-state index contributed by atoms with van der Waals surface area (Å²) in [6.45, 7) is 7.88. The third kappa shape index (κ3) is 4.07. The van der Waals surface area contributed by atoms with Gasteiger partial charge in [-0.2, -0.15) is 0 Å². The fourth-order valence-electron chi connectivity index (χ4n) is 1.08. The van der Waals surface area contributed by atoms with Crippen LogP contribution >= 0.6 is 0 Å². The molecule has 74 valence electrons. The summed E-state index contributed by atoms with van der Waals surface area (Å²) in [7, 11) is 0. The topological polar surface area (TPSA) is 0 Å². The van der Waals surface area contributed by atoms with Crippen molar-refractivity contribution in [1.29, 1.82) is 0 Å². The highest BCUT2D eigenvalue weighted by Crippen LogP contribution is 2.10. The number of hydrogen-bond acceptors (Lipinski definition) is 0. The molecule has 0 aliphatic carbocycles. The van der Waals surface area contributed by atoms with Gasteiger partial charge in [0.1, 0.15) is 5.82 Å². The molecule has 0 saturated carbocycles. The molecule has 0 amide bonds. The van der Waals surface area contributed by atoms with Gasteiger partial charge in [0.15, 0.2) is 0 Å². The molecule has 0 heterocycles. The van der Waals surface area contributed by atoms with Crippen LogP contribution in [-0.2, 0) is 6.42 Å². The maximum Gasteiger partial charge on any atom is 0.126 e. The zero-order valence-electron chi connectivity index (χ0n) is 9.02. The minimum absolute atomic E-state index is 0.0871. The van der Waals surface area contributed by atoms with Gasteiger partial charge in [-0.1, -0.05) is 39.3 Å². The molecular formula is C12H19F. The van der Waals surface area contributed by atoms with Crippen molar-refractivity contribution in [2.75, 3.05) is 0 Å². The van der Waals surface area contributed by atoms with Gasteiger partial charge in [0.05, 0.1) is 0 Å². The Morgan fingerprint density at radius 3 is 2.31 bits per heavy atom. The second-order valence-electron chi connectivity index (χ2n) is 2.83. The average Bonchev–Trinajstić information content (AvgIpc) is 2.15. The molecule has 0 N–H and O–H groups in total. The summed E-state index contributed by atoms with van der Waals surface area (Å²) in [6.07, 6.45) is 2.04. The Kier molecular flexibility index (Phi) is 6.21. The number of halogens is 1. The summed E-state index contributed by atoms with van der Waals surface area (Å²) in [4.78, 5) is 0. The van der Waals surface area contributed by atoms with Gasteiger partial charge < -0.3 is 0 Å². The van der Waals surface area contributed by atoms with E-state index in [0.29, 0.717) is 0 Å². The first kappa shape index (κ1) is 12.2. The van der Waals surface area contributed by atoms with Crippen LogP contribution in [0.3, 0.4) is 0 Å². The molecule has 1 heteroatoms. The highest BCUT2D eigenvalue weighted by atomic mass is 19.1. The highest BCUT2D eigenvalue weighted by Gasteiger charge is 1.97. The van der Waals surface area contributed by atoms with E-state index in [4.69, 9.17) is 0 Å². The first-order valence-electron chi connectivity index (χ1n) is 4.99. The second kappa shape index (κ2) is 6.64. The molecule has 1 aromatic rings. The van der Waals surface area contributed by atoms with Crippen molar-refractivity contribution >= 4 is 0 Å². The average molecular weight is 182 g/mol. The number of benzene rings is 1. The van der Waals surface area contributed by atoms with Gasteiger partial charge in [0.2, 0.25) is 0 Å². The van der Waals surface area contributed by atoms with E-state index < -0.39 is 0 Å². The third-order valence-corrected chi connectivity index (χ3v) is 1.77. The fourth-order valence-corrected chi connectivity index (χ4v) is 1.08. The Hall–Kier alpha value is -0.850. The number of aryl methyl sites for hydroxylation is 2. The predicted octanol–water partition coefficient (Wildman–Crippen LogP) is 4.11. The van der Waals surface area contributed by atoms with Crippen molar-refractivity contribution in [3.8, 4) is 0 Å². The van der Waals surface area contributed by atoms with E-state index in [9.17, 15) is 4.39 Å². The SMILES string of the molecule is CC.CCCc1ccc(C)c(F)c1. The standard InChI is InChI=1S/C10H13F.C2H6/c1-3-4-9-6-5-8(2)10(11)7-9;1-2/h5-7H,3-4H2,1-2H3;1-2H3. The summed E-state index contributed by atoms with van der Waals surface area (Å²) in [6, 6.07) is 5.45. The first-order chi connectivity index (χ1) is 6.24. The minimum atomic E-state index is -0.0871. The highest BCUT2D eigenvalue weighted by molar-refractivity contribution is 5.23. The Balaban J connectivity index is 0.000000671. The van der Waals surface area contributed by atoms with E-state index >= 15 is 0 Å². The molecular weight excluding hydrogens is 163 g/mol. The number of rotatable bonds is 2. The quantitative estimate of drug-likeness (QED) is 0.645. The van der Waals surface area contributed by atoms with Crippen molar-refractivity contribution in [3.63, 3.8) is 0 Å². The second-order valence-corrected chi connectivity index (χ2v) is 2.83. The lowest BCUT2D eigenvalue weighted by Crippen LogP contribution is -1.87. The predicted molar refractivity (Wildman–Crippen MR) is 56.5 cm³/mol. The van der Waals surface area contributed by atoms with Gasteiger partial charge in [-0.25, -0.2) is 4.39 Å². The molecule has 0 aliphatic rings. The number of hydrogen-bond donors (Lipinski definition) is 0. The third-order valence-electron chi connectivity index (χ3n) is 1.77. The minimum Gasteiger partial charge on any atom is -0.207 e. The van der Waals surface area contributed by atoms with Crippen molar-refractivity contribution in [2.45, 2.75) is 40.5 Å². The van der Waals surface area contributed by atoms with E-state index in [1.165, 1.54) is 0 Å². The fraction of sp³-hybridized carbons (Fsp3) is 0.500. The van der Waals surface area contributed by atoms with Crippen LogP contribution in [0.2, 0.25) is 0 Å². The Morgan fingerprint density at radius 1 is 1.23 bits per heavy atom. The maximum absolute atomic E-state index is 12.9. The van der Waals surface area contributed by atoms with Crippen LogP contribution in [0.1, 0.15) is 38.3 Å². The van der Waals surface area contributed by atoms with Gasteiger partial charge >= 0.3 is 0 Å². The summed E-state index contributed by atoms with van der Waals surface area (Å²) in [5, 5.41) is 0. The van der Waals surface area contributed by atoms with Crippen molar-refractivity contribution in [1.82, 2.24) is 0 Å². The van der Waals surface area contributed by atoms with E-state index in [0.717, 1.165) is 24.0 Å². The lowest BCUT2D eigenvalue weighted by molar-refractivity contribution is 0.615. The molecule has 0 saturated heterocycles. The first-order valence-corrected chi connectivity index (χ1v) is 4.99. The van der Waals surface area contributed by atoms with E-state index in [2.05, 4.69) is 6.92 Å². The van der Waals surface area contributed by atoms with Crippen LogP contribution in [0.25, 0.3) is 0 Å². The van der Waals surface area contributed by atoms with Gasteiger partial charge in [0.25, 0.3) is 0 Å². The summed E-state index contributed by atoms with van der Waals surface area (Å²) < 4.78 is 12.9. The van der Waals surface area contributed by atoms with Gasteiger partial charge in [-0.3, -0.25) is 0 Å². The molecule has 0 nitrogen and oxygen atoms in total. The van der Waals surface area contributed by atoms with Crippen LogP contribution in [0.15, 0.2) is 18.2 Å². The molecule has 0 fully saturated rings. The molecule has 0 bridgehead atoms. The zero-order valence-corrected chi connectivity index (χ0v) is 9.02. The van der Waals surface area contributed by atoms with E-state index in [1.54, 1.807) is 13.0 Å². The van der Waals surface area contributed by atoms with Crippen LogP contribution in [-0.4, -0.2) is 0 Å². The monoisotopic (exact) mass is 182 g/mol. The molecule has 1 aromatic carbocycles. The maximum atomic E-state index is 12.9. The summed E-state index contributed by atoms with van der Waals surface area (Å²) >= 11 is 0. The normalized spacial score (nSPS) is 9.00. The van der Waals surface area contributed by atoms with E-state index in [1.807, 2.05) is 26.0 Å². The van der Waals surface area contributed by atoms with Crippen molar-refractivity contribution in [2.24, 2.45) is 0 Å². The lowest BCUT2D eigenvalue weighted by Gasteiger charge is -2.00. The van der Waals surface area contributed by atoms with Gasteiger partial charge in [0, 0.05) is 0 Å². The Labute approximate surface area is 80.8 Å². The van der Waals surface area contributed by atoms with Gasteiger partial charge in [-0.05, 0) is 30.5 Å². The zero-order chi connectivity index (χ0) is 10.3. The van der Waals surface area contributed by atoms with E-state index in [-0.39, 0.29) is 5.82 Å². The van der Waals surface area contributed by atoms with Crippen LogP contribution < -0.4 is 0 Å². The summed E-state index contributed by atoms with van der Waals surface area (Å²) in [5.41, 5.74) is 1.82. The van der Waals surface area contributed by atoms with Crippen LogP contribution in [0.4, 0.5) is 4.39 Å². The molecule has 0 atom stereocenters.